The first kappa shape index (κ1) is 57.8. The van der Waals surface area contributed by atoms with Gasteiger partial charge in [-0.1, -0.05) is 110 Å². The Labute approximate surface area is 410 Å². The third kappa shape index (κ3) is 17.5. The fourth-order valence-corrected chi connectivity index (χ4v) is 8.08. The van der Waals surface area contributed by atoms with Crippen molar-refractivity contribution < 1.29 is 38.4 Å². The molecule has 16 nitrogen and oxygen atoms in total. The lowest BCUT2D eigenvalue weighted by Crippen LogP contribution is -2.59. The molecule has 0 aliphatic carbocycles. The Bertz CT molecular complexity index is 2070. The molecule has 1 aliphatic rings. The number of nitrogens with zero attached hydrogens (tertiary/aromatic N) is 1. The summed E-state index contributed by atoms with van der Waals surface area (Å²) in [5.41, 5.74) is 0.930. The summed E-state index contributed by atoms with van der Waals surface area (Å²) in [4.78, 5) is 110. The zero-order valence-corrected chi connectivity index (χ0v) is 43.4. The van der Waals surface area contributed by atoms with E-state index in [0.717, 1.165) is 5.56 Å². The molecule has 6 amide bonds. The molecule has 1 saturated heterocycles. The lowest BCUT2D eigenvalue weighted by molar-refractivity contribution is -0.144. The molecule has 1 heterocycles. The van der Waals surface area contributed by atoms with Crippen LogP contribution in [0.15, 0.2) is 54.6 Å². The number of hydrogen-bond acceptors (Lipinski definition) is 10. The maximum absolute atomic E-state index is 14.5. The van der Waals surface area contributed by atoms with Crippen molar-refractivity contribution >= 4 is 47.0 Å². The number of likely N-dealkylation sites (tertiary alicyclic amines) is 1. The summed E-state index contributed by atoms with van der Waals surface area (Å²) in [7, 11) is 3.31. The van der Waals surface area contributed by atoms with Gasteiger partial charge in [0.1, 0.15) is 24.2 Å². The number of Topliss-reactive ketones (excluding diaryl/α,β-unsaturated/α-hetero) is 2. The summed E-state index contributed by atoms with van der Waals surface area (Å²) in [6.07, 6.45) is 2.43. The van der Waals surface area contributed by atoms with Crippen molar-refractivity contribution in [2.45, 2.75) is 169 Å². The average Bonchev–Trinajstić information content (AvgIpc) is 3.74. The van der Waals surface area contributed by atoms with Gasteiger partial charge >= 0.3 is 0 Å². The van der Waals surface area contributed by atoms with Crippen LogP contribution in [-0.4, -0.2) is 115 Å². The highest BCUT2D eigenvalue weighted by molar-refractivity contribution is 6.02. The van der Waals surface area contributed by atoms with E-state index in [4.69, 9.17) is 0 Å². The molecule has 1 aliphatic heterocycles. The van der Waals surface area contributed by atoms with E-state index >= 15 is 0 Å². The molecule has 9 atom stereocenters. The molecule has 0 bridgehead atoms. The van der Waals surface area contributed by atoms with Crippen LogP contribution in [0.4, 0.5) is 0 Å². The highest BCUT2D eigenvalue weighted by atomic mass is 16.2. The molecule has 7 N–H and O–H groups in total. The lowest BCUT2D eigenvalue weighted by atomic mass is 9.85. The quantitative estimate of drug-likeness (QED) is 0.0493. The van der Waals surface area contributed by atoms with Crippen molar-refractivity contribution in [2.24, 2.45) is 23.2 Å². The van der Waals surface area contributed by atoms with Crippen molar-refractivity contribution in [3.8, 4) is 0 Å². The highest BCUT2D eigenvalue weighted by Gasteiger charge is 2.46. The normalized spacial score (nSPS) is 18.0. The van der Waals surface area contributed by atoms with Crippen LogP contribution in [0.3, 0.4) is 0 Å². The fourth-order valence-electron chi connectivity index (χ4n) is 8.08. The predicted molar refractivity (Wildman–Crippen MR) is 269 cm³/mol. The minimum Gasteiger partial charge on any atom is -0.352 e. The van der Waals surface area contributed by atoms with Gasteiger partial charge in [0.2, 0.25) is 35.4 Å². The maximum Gasteiger partial charge on any atom is 0.246 e. The van der Waals surface area contributed by atoms with Gasteiger partial charge in [-0.15, -0.1) is 0 Å². The number of amides is 6. The summed E-state index contributed by atoms with van der Waals surface area (Å²) < 4.78 is 0. The molecule has 16 heteroatoms. The number of rotatable bonds is 26. The Hall–Kier alpha value is -5.48. The van der Waals surface area contributed by atoms with Gasteiger partial charge in [-0.25, -0.2) is 0 Å². The van der Waals surface area contributed by atoms with E-state index in [1.165, 1.54) is 4.90 Å². The monoisotopic (exact) mass is 959 g/mol. The molecule has 3 rings (SSSR count). The van der Waals surface area contributed by atoms with Gasteiger partial charge < -0.3 is 42.1 Å². The first-order valence-electron chi connectivity index (χ1n) is 24.8. The van der Waals surface area contributed by atoms with Crippen molar-refractivity contribution in [3.05, 3.63) is 71.3 Å². The van der Waals surface area contributed by atoms with E-state index in [9.17, 15) is 38.4 Å². The zero-order chi connectivity index (χ0) is 51.7. The smallest absolute Gasteiger partial charge is 0.246 e. The van der Waals surface area contributed by atoms with E-state index in [0.29, 0.717) is 36.8 Å². The topological polar surface area (TPSA) is 224 Å². The van der Waals surface area contributed by atoms with E-state index in [1.807, 2.05) is 92.6 Å². The molecule has 0 spiro atoms. The molecule has 382 valence electrons. The molecule has 2 aromatic carbocycles. The Morgan fingerprint density at radius 2 is 1.23 bits per heavy atom. The number of hydrogen-bond donors (Lipinski definition) is 7. The molecule has 0 saturated carbocycles. The van der Waals surface area contributed by atoms with Crippen LogP contribution >= 0.6 is 0 Å². The first-order valence-corrected chi connectivity index (χ1v) is 24.8. The number of ketones is 2. The Balaban J connectivity index is 1.71. The number of carbonyl (C=O) groups is 8. The van der Waals surface area contributed by atoms with Crippen LogP contribution in [0, 0.1) is 23.2 Å². The zero-order valence-electron chi connectivity index (χ0n) is 43.4. The summed E-state index contributed by atoms with van der Waals surface area (Å²) >= 11 is 0. The summed E-state index contributed by atoms with van der Waals surface area (Å²) in [6.45, 7) is 20.5. The highest BCUT2D eigenvalue weighted by Crippen LogP contribution is 2.32. The van der Waals surface area contributed by atoms with Gasteiger partial charge in [-0.05, 0) is 95.9 Å². The number of carbonyl (C=O) groups excluding carboxylic acids is 8. The largest absolute Gasteiger partial charge is 0.352 e. The molecule has 0 radical (unpaired) electrons. The Morgan fingerprint density at radius 3 is 1.80 bits per heavy atom. The Kier molecular flexibility index (Phi) is 22.7. The molecule has 69 heavy (non-hydrogen) atoms. The Morgan fingerprint density at radius 1 is 0.638 bits per heavy atom. The number of nitrogens with one attached hydrogen (secondary N) is 7. The van der Waals surface area contributed by atoms with Crippen molar-refractivity contribution in [2.75, 3.05) is 20.6 Å². The first-order chi connectivity index (χ1) is 32.4. The number of benzene rings is 2. The van der Waals surface area contributed by atoms with Crippen LogP contribution in [0.2, 0.25) is 0 Å². The van der Waals surface area contributed by atoms with Crippen LogP contribution < -0.4 is 37.2 Å². The number of unbranched alkanes of at least 4 members (excludes halogenated alkanes) is 2. The third-order valence-corrected chi connectivity index (χ3v) is 13.3. The molecular weight excluding hydrogens is 877 g/mol. The second-order valence-corrected chi connectivity index (χ2v) is 20.6. The average molecular weight is 959 g/mol. The van der Waals surface area contributed by atoms with Gasteiger partial charge in [0, 0.05) is 36.6 Å². The van der Waals surface area contributed by atoms with E-state index in [2.05, 4.69) is 37.2 Å². The van der Waals surface area contributed by atoms with Crippen molar-refractivity contribution in [1.82, 2.24) is 42.1 Å². The van der Waals surface area contributed by atoms with Crippen molar-refractivity contribution in [1.29, 1.82) is 0 Å². The third-order valence-electron chi connectivity index (χ3n) is 13.3. The maximum atomic E-state index is 14.5. The molecular formula is C53H82N8O8. The van der Waals surface area contributed by atoms with Gasteiger partial charge in [0.25, 0.3) is 0 Å². The fraction of sp³-hybridized carbons (Fsp3) is 0.623. The van der Waals surface area contributed by atoms with Crippen LogP contribution in [0.5, 0.6) is 0 Å². The van der Waals surface area contributed by atoms with E-state index in [-0.39, 0.29) is 90.8 Å². The van der Waals surface area contributed by atoms with Gasteiger partial charge in [0.05, 0.1) is 18.1 Å². The molecule has 0 aromatic heterocycles. The van der Waals surface area contributed by atoms with E-state index < -0.39 is 53.5 Å². The van der Waals surface area contributed by atoms with Crippen LogP contribution in [0.25, 0.3) is 0 Å². The van der Waals surface area contributed by atoms with Crippen LogP contribution in [-0.2, 0) is 28.8 Å². The minimum atomic E-state index is -0.949. The van der Waals surface area contributed by atoms with Crippen molar-refractivity contribution in [3.63, 3.8) is 0 Å². The standard InChI is InChI=1S/C53H82N8O8/c1-31(2)33(5)56-49(66)41(58-51(68)45(32(3)4)59-47(64)35(7)54-12)25-18-15-19-26-43(62)39-23-20-24-40(29-39)44(63)28-37-27-42(50(67)57-34(6)38-21-16-14-17-22-38)61(30-37)52(69)46(53(9,10)11)60-48(65)36(8)55-13/h14,16-17,20-24,29,31-37,41-42,45-46,54-55H,15,18-19,25-28,30H2,1-13H3,(H,56,66)(H,57,67)(H,58,68)(H,59,64)(H,60,65)/t33-,34+,35-,36-,37+,41-,42?,45-,46+/m0/s1. The summed E-state index contributed by atoms with van der Waals surface area (Å²) in [5, 5.41) is 20.4. The van der Waals surface area contributed by atoms with Gasteiger partial charge in [-0.3, -0.25) is 38.4 Å². The molecule has 1 fully saturated rings. The predicted octanol–water partition coefficient (Wildman–Crippen LogP) is 5.02. The summed E-state index contributed by atoms with van der Waals surface area (Å²) in [6, 6.07) is 11.0. The lowest BCUT2D eigenvalue weighted by Gasteiger charge is -2.36. The van der Waals surface area contributed by atoms with Gasteiger partial charge in [-0.2, -0.15) is 0 Å². The second kappa shape index (κ2) is 27.1. The van der Waals surface area contributed by atoms with E-state index in [1.54, 1.807) is 52.2 Å². The SMILES string of the molecule is CN[C@@H](C)C(=O)N[C@H](C(=O)N[C@@H](CCCCCC(=O)c1cccc(C(=O)C[C@H]2CC(C(=O)N[C@H](C)c3ccccc3)N(C(=O)[C@@H](NC(=O)[C@H](C)NC)C(C)(C)C)C2)c1)C(=O)N[C@@H](C)C(C)C)C(C)C. The molecule has 2 aromatic rings. The minimum absolute atomic E-state index is 0.0311. The summed E-state index contributed by atoms with van der Waals surface area (Å²) in [5.74, 6) is -3.01. The second-order valence-electron chi connectivity index (χ2n) is 20.6. The van der Waals surface area contributed by atoms with Crippen LogP contribution in [0.1, 0.15) is 153 Å². The molecule has 1 unspecified atom stereocenters. The number of likely N-dealkylation sites (N-methyl/N-ethyl adjacent to an activating group) is 2. The van der Waals surface area contributed by atoms with Gasteiger partial charge in [0.15, 0.2) is 11.6 Å².